The smallest absolute Gasteiger partial charge is 0.237 e. The minimum Gasteiger partial charge on any atom is -0.494 e. The number of rotatable bonds is 7. The Hall–Kier alpha value is -1.33. The van der Waals surface area contributed by atoms with Gasteiger partial charge < -0.3 is 15.8 Å². The highest BCUT2D eigenvalue weighted by atomic mass is 35.5. The summed E-state index contributed by atoms with van der Waals surface area (Å²) in [4.78, 5) is 11.8. The van der Waals surface area contributed by atoms with Crippen LogP contribution in [0.3, 0.4) is 0 Å². The van der Waals surface area contributed by atoms with Gasteiger partial charge in [0.2, 0.25) is 5.91 Å². The molecule has 1 aromatic rings. The van der Waals surface area contributed by atoms with E-state index < -0.39 is 11.9 Å². The van der Waals surface area contributed by atoms with Gasteiger partial charge in [0.05, 0.1) is 13.2 Å². The maximum Gasteiger partial charge on any atom is 0.237 e. The zero-order valence-electron chi connectivity index (χ0n) is 12.7. The molecule has 1 aromatic carbocycles. The standard InChI is InChI=1S/C15H23FN2O2.ClH/c1-4-10(2)14(17)15(19)18-8-7-11-5-6-13(20-3)12(16)9-11;/h5-6,9-10,14H,4,7-8,17H2,1-3H3,(H,18,19);1H. The molecule has 120 valence electrons. The lowest BCUT2D eigenvalue weighted by molar-refractivity contribution is -0.123. The number of benzene rings is 1. The Morgan fingerprint density at radius 3 is 2.67 bits per heavy atom. The summed E-state index contributed by atoms with van der Waals surface area (Å²) in [6.45, 7) is 4.38. The summed E-state index contributed by atoms with van der Waals surface area (Å²) in [5.74, 6) is -0.189. The molecule has 0 saturated carbocycles. The van der Waals surface area contributed by atoms with Crippen molar-refractivity contribution in [3.05, 3.63) is 29.6 Å². The number of hydrogen-bond acceptors (Lipinski definition) is 3. The van der Waals surface area contributed by atoms with Crippen LogP contribution in [0, 0.1) is 11.7 Å². The average Bonchev–Trinajstić information content (AvgIpc) is 2.45. The molecule has 0 saturated heterocycles. The van der Waals surface area contributed by atoms with E-state index in [1.165, 1.54) is 13.2 Å². The molecule has 2 unspecified atom stereocenters. The number of methoxy groups -OCH3 is 1. The van der Waals surface area contributed by atoms with Gasteiger partial charge in [0.1, 0.15) is 0 Å². The average molecular weight is 319 g/mol. The molecular weight excluding hydrogens is 295 g/mol. The van der Waals surface area contributed by atoms with E-state index in [2.05, 4.69) is 5.32 Å². The van der Waals surface area contributed by atoms with Gasteiger partial charge >= 0.3 is 0 Å². The molecule has 1 rings (SSSR count). The molecule has 0 radical (unpaired) electrons. The Morgan fingerprint density at radius 1 is 1.48 bits per heavy atom. The van der Waals surface area contributed by atoms with Crippen LogP contribution in [0.1, 0.15) is 25.8 Å². The number of ether oxygens (including phenoxy) is 1. The number of amides is 1. The Bertz CT molecular complexity index is 457. The summed E-state index contributed by atoms with van der Waals surface area (Å²) in [6, 6.07) is 4.28. The predicted molar refractivity (Wildman–Crippen MR) is 84.3 cm³/mol. The van der Waals surface area contributed by atoms with Crippen molar-refractivity contribution in [2.24, 2.45) is 11.7 Å². The van der Waals surface area contributed by atoms with Gasteiger partial charge in [0, 0.05) is 6.54 Å². The van der Waals surface area contributed by atoms with Gasteiger partial charge in [0.15, 0.2) is 11.6 Å². The van der Waals surface area contributed by atoms with Crippen LogP contribution in [0.5, 0.6) is 5.75 Å². The van der Waals surface area contributed by atoms with Crippen LogP contribution in [0.15, 0.2) is 18.2 Å². The molecule has 1 amide bonds. The zero-order valence-corrected chi connectivity index (χ0v) is 13.5. The fourth-order valence-electron chi connectivity index (χ4n) is 1.83. The molecule has 0 aliphatic heterocycles. The van der Waals surface area contributed by atoms with Gasteiger partial charge in [-0.05, 0) is 30.0 Å². The molecule has 0 spiro atoms. The molecule has 0 aromatic heterocycles. The quantitative estimate of drug-likeness (QED) is 0.810. The third kappa shape index (κ3) is 5.89. The van der Waals surface area contributed by atoms with E-state index in [0.29, 0.717) is 13.0 Å². The number of nitrogens with one attached hydrogen (secondary N) is 1. The Balaban J connectivity index is 0.00000400. The molecular formula is C15H24ClFN2O2. The first kappa shape index (κ1) is 19.7. The number of nitrogens with two attached hydrogens (primary N) is 1. The topological polar surface area (TPSA) is 64.4 Å². The predicted octanol–water partition coefficient (Wildman–Crippen LogP) is 2.29. The molecule has 0 fully saturated rings. The van der Waals surface area contributed by atoms with E-state index in [-0.39, 0.29) is 30.0 Å². The fourth-order valence-corrected chi connectivity index (χ4v) is 1.83. The van der Waals surface area contributed by atoms with Crippen molar-refractivity contribution in [1.82, 2.24) is 5.32 Å². The van der Waals surface area contributed by atoms with Crippen LogP contribution < -0.4 is 15.8 Å². The first-order chi connectivity index (χ1) is 9.49. The Morgan fingerprint density at radius 2 is 2.14 bits per heavy atom. The second-order valence-corrected chi connectivity index (χ2v) is 4.92. The van der Waals surface area contributed by atoms with Crippen molar-refractivity contribution in [2.75, 3.05) is 13.7 Å². The molecule has 21 heavy (non-hydrogen) atoms. The van der Waals surface area contributed by atoms with Crippen molar-refractivity contribution in [3.63, 3.8) is 0 Å². The molecule has 0 heterocycles. The minimum absolute atomic E-state index is 0. The lowest BCUT2D eigenvalue weighted by Crippen LogP contribution is -2.45. The summed E-state index contributed by atoms with van der Waals surface area (Å²) in [5, 5.41) is 2.78. The normalized spacial score (nSPS) is 13.0. The SMILES string of the molecule is CCC(C)C(N)C(=O)NCCc1ccc(OC)c(F)c1.Cl. The van der Waals surface area contributed by atoms with Crippen LogP contribution in [0.2, 0.25) is 0 Å². The van der Waals surface area contributed by atoms with Gasteiger partial charge in [-0.2, -0.15) is 0 Å². The van der Waals surface area contributed by atoms with Crippen LogP contribution in [0.4, 0.5) is 4.39 Å². The summed E-state index contributed by atoms with van der Waals surface area (Å²) < 4.78 is 18.3. The van der Waals surface area contributed by atoms with E-state index in [4.69, 9.17) is 10.5 Å². The zero-order chi connectivity index (χ0) is 15.1. The van der Waals surface area contributed by atoms with E-state index in [9.17, 15) is 9.18 Å². The van der Waals surface area contributed by atoms with E-state index in [1.807, 2.05) is 13.8 Å². The van der Waals surface area contributed by atoms with Gasteiger partial charge in [-0.3, -0.25) is 4.79 Å². The number of carbonyl (C=O) groups is 1. The molecule has 6 heteroatoms. The van der Waals surface area contributed by atoms with Gasteiger partial charge in [-0.15, -0.1) is 12.4 Å². The maximum absolute atomic E-state index is 13.5. The van der Waals surface area contributed by atoms with Gasteiger partial charge in [-0.1, -0.05) is 26.3 Å². The second-order valence-electron chi connectivity index (χ2n) is 4.92. The van der Waals surface area contributed by atoms with Crippen LogP contribution >= 0.6 is 12.4 Å². The highest BCUT2D eigenvalue weighted by Crippen LogP contribution is 2.17. The highest BCUT2D eigenvalue weighted by molar-refractivity contribution is 5.85. The highest BCUT2D eigenvalue weighted by Gasteiger charge is 2.18. The van der Waals surface area contributed by atoms with E-state index >= 15 is 0 Å². The van der Waals surface area contributed by atoms with Crippen molar-refractivity contribution in [1.29, 1.82) is 0 Å². The summed E-state index contributed by atoms with van der Waals surface area (Å²) >= 11 is 0. The fraction of sp³-hybridized carbons (Fsp3) is 0.533. The van der Waals surface area contributed by atoms with Gasteiger partial charge in [0.25, 0.3) is 0 Å². The molecule has 0 bridgehead atoms. The van der Waals surface area contributed by atoms with Crippen molar-refractivity contribution < 1.29 is 13.9 Å². The molecule has 4 nitrogen and oxygen atoms in total. The lowest BCUT2D eigenvalue weighted by Gasteiger charge is -2.17. The van der Waals surface area contributed by atoms with E-state index in [1.54, 1.807) is 12.1 Å². The summed E-state index contributed by atoms with van der Waals surface area (Å²) in [7, 11) is 1.43. The first-order valence-electron chi connectivity index (χ1n) is 6.85. The maximum atomic E-state index is 13.5. The second kappa shape index (κ2) is 9.58. The molecule has 3 N–H and O–H groups in total. The third-order valence-electron chi connectivity index (χ3n) is 3.49. The summed E-state index contributed by atoms with van der Waals surface area (Å²) in [6.07, 6.45) is 1.41. The molecule has 0 aliphatic carbocycles. The van der Waals surface area contributed by atoms with Crippen LogP contribution in [-0.2, 0) is 11.2 Å². The number of hydrogen-bond donors (Lipinski definition) is 2. The lowest BCUT2D eigenvalue weighted by atomic mass is 9.99. The van der Waals surface area contributed by atoms with Crippen LogP contribution in [-0.4, -0.2) is 25.6 Å². The van der Waals surface area contributed by atoms with Crippen molar-refractivity contribution in [3.8, 4) is 5.75 Å². The first-order valence-corrected chi connectivity index (χ1v) is 6.85. The minimum atomic E-state index is -0.493. The number of carbonyl (C=O) groups excluding carboxylic acids is 1. The van der Waals surface area contributed by atoms with Gasteiger partial charge in [-0.25, -0.2) is 4.39 Å². The van der Waals surface area contributed by atoms with Crippen molar-refractivity contribution >= 4 is 18.3 Å². The Kier molecular flexibility index (Phi) is 8.97. The number of halogens is 2. The largest absolute Gasteiger partial charge is 0.494 e. The summed E-state index contributed by atoms with van der Waals surface area (Å²) in [5.41, 5.74) is 6.63. The third-order valence-corrected chi connectivity index (χ3v) is 3.49. The Labute approximate surface area is 131 Å². The molecule has 0 aliphatic rings. The monoisotopic (exact) mass is 318 g/mol. The van der Waals surface area contributed by atoms with Crippen LogP contribution in [0.25, 0.3) is 0 Å². The van der Waals surface area contributed by atoms with Crippen molar-refractivity contribution in [2.45, 2.75) is 32.7 Å². The molecule has 2 atom stereocenters. The van der Waals surface area contributed by atoms with E-state index in [0.717, 1.165) is 12.0 Å².